The SMILES string of the molecule is CCC1CCC(C(O)C2CCCc3sccc32)CC1. The molecule has 1 aromatic heterocycles. The van der Waals surface area contributed by atoms with Gasteiger partial charge in [0, 0.05) is 10.8 Å². The highest BCUT2D eigenvalue weighted by atomic mass is 32.1. The summed E-state index contributed by atoms with van der Waals surface area (Å²) in [6.07, 6.45) is 10.1. The normalized spacial score (nSPS) is 32.8. The predicted octanol–water partition coefficient (Wildman–Crippen LogP) is 4.75. The minimum absolute atomic E-state index is 0.0912. The van der Waals surface area contributed by atoms with Crippen LogP contribution in [0.25, 0.3) is 0 Å². The molecule has 1 nitrogen and oxygen atoms in total. The summed E-state index contributed by atoms with van der Waals surface area (Å²) in [6, 6.07) is 2.27. The molecule has 2 heteroatoms. The molecule has 2 unspecified atom stereocenters. The molecule has 0 aromatic carbocycles. The van der Waals surface area contributed by atoms with Gasteiger partial charge in [-0.05, 0) is 60.9 Å². The molecule has 0 spiro atoms. The van der Waals surface area contributed by atoms with Crippen LogP contribution in [0.3, 0.4) is 0 Å². The van der Waals surface area contributed by atoms with Crippen molar-refractivity contribution in [2.75, 3.05) is 0 Å². The summed E-state index contributed by atoms with van der Waals surface area (Å²) in [5.41, 5.74) is 1.47. The Balaban J connectivity index is 1.67. The molecule has 0 amide bonds. The van der Waals surface area contributed by atoms with Crippen molar-refractivity contribution < 1.29 is 5.11 Å². The van der Waals surface area contributed by atoms with Gasteiger partial charge in [-0.15, -0.1) is 11.3 Å². The monoisotopic (exact) mass is 278 g/mol. The fraction of sp³-hybridized carbons (Fsp3) is 0.765. The molecule has 1 fully saturated rings. The van der Waals surface area contributed by atoms with Crippen LogP contribution in [0.15, 0.2) is 11.4 Å². The van der Waals surface area contributed by atoms with Crippen molar-refractivity contribution in [3.63, 3.8) is 0 Å². The Morgan fingerprint density at radius 1 is 1.26 bits per heavy atom. The number of aliphatic hydroxyl groups excluding tert-OH is 1. The van der Waals surface area contributed by atoms with Gasteiger partial charge in [-0.3, -0.25) is 0 Å². The number of thiophene rings is 1. The molecule has 0 radical (unpaired) electrons. The molecule has 106 valence electrons. The third-order valence-corrected chi connectivity index (χ3v) is 6.46. The quantitative estimate of drug-likeness (QED) is 0.846. The van der Waals surface area contributed by atoms with E-state index in [0.717, 1.165) is 5.92 Å². The van der Waals surface area contributed by atoms with E-state index in [1.165, 1.54) is 61.8 Å². The number of hydrogen-bond donors (Lipinski definition) is 1. The Morgan fingerprint density at radius 2 is 2.05 bits per heavy atom. The first-order chi connectivity index (χ1) is 9.29. The molecule has 2 atom stereocenters. The predicted molar refractivity (Wildman–Crippen MR) is 81.7 cm³/mol. The van der Waals surface area contributed by atoms with Crippen LogP contribution in [0.2, 0.25) is 0 Å². The summed E-state index contributed by atoms with van der Waals surface area (Å²) in [7, 11) is 0. The van der Waals surface area contributed by atoms with E-state index >= 15 is 0 Å². The highest BCUT2D eigenvalue weighted by molar-refractivity contribution is 7.10. The van der Waals surface area contributed by atoms with Gasteiger partial charge in [0.15, 0.2) is 0 Å². The van der Waals surface area contributed by atoms with Gasteiger partial charge in [-0.1, -0.05) is 26.2 Å². The largest absolute Gasteiger partial charge is 0.392 e. The first-order valence-corrected chi connectivity index (χ1v) is 8.92. The van der Waals surface area contributed by atoms with Crippen LogP contribution in [-0.2, 0) is 6.42 Å². The minimum Gasteiger partial charge on any atom is -0.392 e. The summed E-state index contributed by atoms with van der Waals surface area (Å²) < 4.78 is 0. The second-order valence-electron chi connectivity index (χ2n) is 6.48. The van der Waals surface area contributed by atoms with E-state index in [2.05, 4.69) is 18.4 Å². The van der Waals surface area contributed by atoms with Crippen LogP contribution in [0.5, 0.6) is 0 Å². The van der Waals surface area contributed by atoms with Crippen molar-refractivity contribution in [2.24, 2.45) is 11.8 Å². The Bertz CT molecular complexity index is 403. The van der Waals surface area contributed by atoms with E-state index in [0.29, 0.717) is 11.8 Å². The zero-order chi connectivity index (χ0) is 13.2. The molecule has 1 saturated carbocycles. The summed E-state index contributed by atoms with van der Waals surface area (Å²) in [4.78, 5) is 1.54. The Morgan fingerprint density at radius 3 is 2.79 bits per heavy atom. The van der Waals surface area contributed by atoms with Crippen LogP contribution >= 0.6 is 11.3 Å². The molecule has 2 aliphatic carbocycles. The van der Waals surface area contributed by atoms with Crippen molar-refractivity contribution in [3.8, 4) is 0 Å². The smallest absolute Gasteiger partial charge is 0.0637 e. The number of aryl methyl sites for hydroxylation is 1. The van der Waals surface area contributed by atoms with Crippen molar-refractivity contribution in [3.05, 3.63) is 21.9 Å². The van der Waals surface area contributed by atoms with Gasteiger partial charge in [0.2, 0.25) is 0 Å². The molecule has 0 bridgehead atoms. The van der Waals surface area contributed by atoms with Crippen molar-refractivity contribution in [1.82, 2.24) is 0 Å². The van der Waals surface area contributed by atoms with Gasteiger partial charge in [0.25, 0.3) is 0 Å². The first-order valence-electron chi connectivity index (χ1n) is 8.04. The van der Waals surface area contributed by atoms with Crippen LogP contribution < -0.4 is 0 Å². The van der Waals surface area contributed by atoms with Gasteiger partial charge in [0.05, 0.1) is 6.10 Å². The number of rotatable bonds is 3. The molecule has 1 aromatic rings. The average molecular weight is 278 g/mol. The molecule has 1 N–H and O–H groups in total. The summed E-state index contributed by atoms with van der Waals surface area (Å²) in [5, 5.41) is 13.0. The van der Waals surface area contributed by atoms with E-state index in [-0.39, 0.29) is 6.10 Å². The lowest BCUT2D eigenvalue weighted by atomic mass is 9.72. The zero-order valence-corrected chi connectivity index (χ0v) is 12.8. The standard InChI is InChI=1S/C17H26OS/c1-2-12-6-8-13(9-7-12)17(18)15-4-3-5-16-14(15)10-11-19-16/h10-13,15,17-18H,2-9H2,1H3. The Kier molecular flexibility index (Phi) is 4.28. The topological polar surface area (TPSA) is 20.2 Å². The number of fused-ring (bicyclic) bond motifs is 1. The summed E-state index contributed by atoms with van der Waals surface area (Å²) in [5.74, 6) is 1.91. The highest BCUT2D eigenvalue weighted by Gasteiger charge is 2.34. The summed E-state index contributed by atoms with van der Waals surface area (Å²) >= 11 is 1.89. The van der Waals surface area contributed by atoms with Crippen molar-refractivity contribution >= 4 is 11.3 Å². The first kappa shape index (κ1) is 13.6. The van der Waals surface area contributed by atoms with E-state index in [1.54, 1.807) is 0 Å². The molecule has 2 aliphatic rings. The van der Waals surface area contributed by atoms with Crippen LogP contribution in [0, 0.1) is 11.8 Å². The highest BCUT2D eigenvalue weighted by Crippen LogP contribution is 2.42. The Hall–Kier alpha value is -0.340. The van der Waals surface area contributed by atoms with Crippen LogP contribution in [0.1, 0.15) is 68.2 Å². The van der Waals surface area contributed by atoms with E-state index in [9.17, 15) is 5.11 Å². The average Bonchev–Trinajstić information content (AvgIpc) is 2.95. The van der Waals surface area contributed by atoms with Gasteiger partial charge in [0.1, 0.15) is 0 Å². The maximum Gasteiger partial charge on any atom is 0.0637 e. The third-order valence-electron chi connectivity index (χ3n) is 5.46. The molecule has 3 rings (SSSR count). The maximum absolute atomic E-state index is 10.8. The van der Waals surface area contributed by atoms with E-state index in [4.69, 9.17) is 0 Å². The van der Waals surface area contributed by atoms with Gasteiger partial charge in [-0.2, -0.15) is 0 Å². The second-order valence-corrected chi connectivity index (χ2v) is 7.48. The lowest BCUT2D eigenvalue weighted by molar-refractivity contribution is 0.0462. The molecule has 1 heterocycles. The zero-order valence-electron chi connectivity index (χ0n) is 12.0. The van der Waals surface area contributed by atoms with Gasteiger partial charge < -0.3 is 5.11 Å². The minimum atomic E-state index is -0.0912. The van der Waals surface area contributed by atoms with Crippen LogP contribution in [0.4, 0.5) is 0 Å². The lowest BCUT2D eigenvalue weighted by Gasteiger charge is -2.36. The number of hydrogen-bond acceptors (Lipinski definition) is 2. The number of aliphatic hydroxyl groups is 1. The summed E-state index contributed by atoms with van der Waals surface area (Å²) in [6.45, 7) is 2.31. The molecule has 0 aliphatic heterocycles. The molecular weight excluding hydrogens is 252 g/mol. The molecule has 19 heavy (non-hydrogen) atoms. The molecule has 0 saturated heterocycles. The fourth-order valence-corrected chi connectivity index (χ4v) is 5.14. The second kappa shape index (κ2) is 5.97. The Labute approximate surface area is 121 Å². The van der Waals surface area contributed by atoms with E-state index in [1.807, 2.05) is 11.3 Å². The lowest BCUT2D eigenvalue weighted by Crippen LogP contribution is -2.32. The van der Waals surface area contributed by atoms with Gasteiger partial charge in [-0.25, -0.2) is 0 Å². The third kappa shape index (κ3) is 2.75. The van der Waals surface area contributed by atoms with Gasteiger partial charge >= 0.3 is 0 Å². The van der Waals surface area contributed by atoms with E-state index < -0.39 is 0 Å². The molecular formula is C17H26OS. The fourth-order valence-electron chi connectivity index (χ4n) is 4.14. The van der Waals surface area contributed by atoms with Crippen molar-refractivity contribution in [2.45, 2.75) is 70.3 Å². The van der Waals surface area contributed by atoms with Crippen LogP contribution in [-0.4, -0.2) is 11.2 Å². The van der Waals surface area contributed by atoms with Crippen molar-refractivity contribution in [1.29, 1.82) is 0 Å². The maximum atomic E-state index is 10.8.